The van der Waals surface area contributed by atoms with Gasteiger partial charge in [0.15, 0.2) is 6.10 Å². The first-order chi connectivity index (χ1) is 30.6. The number of carbonyl (C=O) groups is 2. The lowest BCUT2D eigenvalue weighted by molar-refractivity contribution is -0.163. The van der Waals surface area contributed by atoms with E-state index in [0.29, 0.717) is 19.4 Å². The molecule has 0 aromatic heterocycles. The van der Waals surface area contributed by atoms with Crippen LogP contribution in [0.25, 0.3) is 0 Å². The Bertz CT molecular complexity index is 1070. The van der Waals surface area contributed by atoms with Crippen LogP contribution in [-0.4, -0.2) is 37.9 Å². The molecule has 0 amide bonds. The lowest BCUT2D eigenvalue weighted by Gasteiger charge is -2.18. The highest BCUT2D eigenvalue weighted by atomic mass is 16.6. The van der Waals surface area contributed by atoms with Crippen molar-refractivity contribution in [2.45, 2.75) is 271 Å². The van der Waals surface area contributed by atoms with Gasteiger partial charge in [0, 0.05) is 19.4 Å². The standard InChI is InChI=1S/C57H102O5/c1-4-7-10-13-16-19-22-25-27-28-29-31-34-37-40-43-46-49-52-60-53-55(62-57(59)51-48-45-42-39-36-32-24-21-18-15-12-9-6-3)54-61-56(58)50-47-44-41-38-35-33-30-26-23-20-17-14-11-8-5-2/h7,10,12,15-16,19,21,24-25,27,55H,4-6,8-9,11,13-14,17-18,20,22-23,26,28-54H2,1-3H3/b10-7-,15-12-,19-16-,24-21-,27-25-. The summed E-state index contributed by atoms with van der Waals surface area (Å²) in [6.45, 7) is 7.66. The monoisotopic (exact) mass is 867 g/mol. The van der Waals surface area contributed by atoms with E-state index in [9.17, 15) is 9.59 Å². The number of hydrogen-bond acceptors (Lipinski definition) is 5. The van der Waals surface area contributed by atoms with Gasteiger partial charge in [0.25, 0.3) is 0 Å². The summed E-state index contributed by atoms with van der Waals surface area (Å²) in [4.78, 5) is 25.4. The van der Waals surface area contributed by atoms with Gasteiger partial charge in [-0.25, -0.2) is 0 Å². The summed E-state index contributed by atoms with van der Waals surface area (Å²) in [5, 5.41) is 0. The zero-order chi connectivity index (χ0) is 44.9. The van der Waals surface area contributed by atoms with E-state index in [1.54, 1.807) is 0 Å². The second kappa shape index (κ2) is 52.9. The van der Waals surface area contributed by atoms with E-state index in [4.69, 9.17) is 14.2 Å². The van der Waals surface area contributed by atoms with Crippen LogP contribution in [0, 0.1) is 0 Å². The highest BCUT2D eigenvalue weighted by Gasteiger charge is 2.17. The Morgan fingerprint density at radius 1 is 0.371 bits per heavy atom. The fourth-order valence-electron chi connectivity index (χ4n) is 7.56. The van der Waals surface area contributed by atoms with Crippen molar-refractivity contribution in [1.82, 2.24) is 0 Å². The Kier molecular flexibility index (Phi) is 50.9. The molecule has 360 valence electrons. The molecule has 0 N–H and O–H groups in total. The van der Waals surface area contributed by atoms with Crippen LogP contribution in [0.4, 0.5) is 0 Å². The van der Waals surface area contributed by atoms with Crippen LogP contribution in [-0.2, 0) is 23.8 Å². The van der Waals surface area contributed by atoms with E-state index >= 15 is 0 Å². The van der Waals surface area contributed by atoms with Gasteiger partial charge in [-0.05, 0) is 77.0 Å². The average Bonchev–Trinajstić information content (AvgIpc) is 3.27. The predicted molar refractivity (Wildman–Crippen MR) is 270 cm³/mol. The maximum Gasteiger partial charge on any atom is 0.306 e. The average molecular weight is 867 g/mol. The number of rotatable bonds is 49. The first kappa shape index (κ1) is 59.6. The summed E-state index contributed by atoms with van der Waals surface area (Å²) >= 11 is 0. The molecular weight excluding hydrogens is 765 g/mol. The van der Waals surface area contributed by atoms with E-state index in [0.717, 1.165) is 77.0 Å². The Balaban J connectivity index is 4.26. The quantitative estimate of drug-likeness (QED) is 0.0346. The smallest absolute Gasteiger partial charge is 0.306 e. The van der Waals surface area contributed by atoms with Crippen LogP contribution in [0.1, 0.15) is 265 Å². The lowest BCUT2D eigenvalue weighted by atomic mass is 10.0. The van der Waals surface area contributed by atoms with E-state index in [1.807, 2.05) is 0 Å². The number of allylic oxidation sites excluding steroid dienone is 10. The number of hydrogen-bond donors (Lipinski definition) is 0. The molecule has 0 fully saturated rings. The van der Waals surface area contributed by atoms with Crippen LogP contribution >= 0.6 is 0 Å². The second-order valence-corrected chi connectivity index (χ2v) is 17.8. The molecular formula is C57H102O5. The Hall–Kier alpha value is -2.40. The molecule has 0 saturated carbocycles. The van der Waals surface area contributed by atoms with Gasteiger partial charge in [0.2, 0.25) is 0 Å². The normalized spacial score (nSPS) is 12.6. The van der Waals surface area contributed by atoms with Gasteiger partial charge in [-0.3, -0.25) is 9.59 Å². The molecule has 0 aliphatic rings. The minimum atomic E-state index is -0.546. The van der Waals surface area contributed by atoms with Gasteiger partial charge in [0.1, 0.15) is 6.61 Å². The molecule has 0 aromatic carbocycles. The summed E-state index contributed by atoms with van der Waals surface area (Å²) in [5.74, 6) is -0.408. The van der Waals surface area contributed by atoms with Gasteiger partial charge in [0.05, 0.1) is 6.61 Å². The SMILES string of the molecule is CC/C=C\C/C=C\C/C=C\CCCCCCCCCCOCC(COC(=O)CCCCCCCCCCCCCCCCC)OC(=O)CCCCCCC/C=C\C/C=C\CCC. The van der Waals surface area contributed by atoms with Gasteiger partial charge < -0.3 is 14.2 Å². The van der Waals surface area contributed by atoms with Gasteiger partial charge in [-0.2, -0.15) is 0 Å². The topological polar surface area (TPSA) is 61.8 Å². The van der Waals surface area contributed by atoms with Crippen molar-refractivity contribution in [2.24, 2.45) is 0 Å². The van der Waals surface area contributed by atoms with E-state index in [2.05, 4.69) is 81.5 Å². The zero-order valence-electron chi connectivity index (χ0n) is 41.4. The van der Waals surface area contributed by atoms with Crippen molar-refractivity contribution >= 4 is 11.9 Å². The predicted octanol–water partition coefficient (Wildman–Crippen LogP) is 18.1. The second-order valence-electron chi connectivity index (χ2n) is 17.8. The highest BCUT2D eigenvalue weighted by Crippen LogP contribution is 2.15. The zero-order valence-corrected chi connectivity index (χ0v) is 41.4. The summed E-state index contributed by atoms with van der Waals surface area (Å²) in [7, 11) is 0. The van der Waals surface area contributed by atoms with Crippen LogP contribution < -0.4 is 0 Å². The molecule has 1 unspecified atom stereocenters. The number of carbonyl (C=O) groups excluding carboxylic acids is 2. The molecule has 0 aliphatic heterocycles. The molecule has 0 spiro atoms. The summed E-state index contributed by atoms with van der Waals surface area (Å²) in [6, 6.07) is 0. The molecule has 0 saturated heterocycles. The summed E-state index contributed by atoms with van der Waals surface area (Å²) < 4.78 is 17.4. The third-order valence-electron chi connectivity index (χ3n) is 11.5. The molecule has 0 rings (SSSR count). The van der Waals surface area contributed by atoms with Gasteiger partial charge in [-0.1, -0.05) is 236 Å². The maximum atomic E-state index is 12.8. The molecule has 0 aromatic rings. The van der Waals surface area contributed by atoms with Crippen molar-refractivity contribution in [2.75, 3.05) is 19.8 Å². The number of esters is 2. The number of unbranched alkanes of at least 4 members (excludes halogenated alkanes) is 28. The molecule has 5 nitrogen and oxygen atoms in total. The van der Waals surface area contributed by atoms with Crippen molar-refractivity contribution < 1.29 is 23.8 Å². The van der Waals surface area contributed by atoms with Crippen LogP contribution in [0.15, 0.2) is 60.8 Å². The van der Waals surface area contributed by atoms with E-state index in [1.165, 1.54) is 154 Å². The van der Waals surface area contributed by atoms with Gasteiger partial charge in [-0.15, -0.1) is 0 Å². The third-order valence-corrected chi connectivity index (χ3v) is 11.5. The van der Waals surface area contributed by atoms with Crippen molar-refractivity contribution in [3.8, 4) is 0 Å². The highest BCUT2D eigenvalue weighted by molar-refractivity contribution is 5.70. The largest absolute Gasteiger partial charge is 0.462 e. The molecule has 0 aliphatic carbocycles. The molecule has 0 bridgehead atoms. The molecule has 0 radical (unpaired) electrons. The summed E-state index contributed by atoms with van der Waals surface area (Å²) in [5.41, 5.74) is 0. The Morgan fingerprint density at radius 2 is 0.758 bits per heavy atom. The van der Waals surface area contributed by atoms with Crippen LogP contribution in [0.2, 0.25) is 0 Å². The first-order valence-electron chi connectivity index (χ1n) is 26.8. The minimum Gasteiger partial charge on any atom is -0.462 e. The third kappa shape index (κ3) is 50.2. The van der Waals surface area contributed by atoms with Crippen molar-refractivity contribution in [3.63, 3.8) is 0 Å². The Labute approximate surface area is 385 Å². The van der Waals surface area contributed by atoms with Crippen molar-refractivity contribution in [1.29, 1.82) is 0 Å². The van der Waals surface area contributed by atoms with Gasteiger partial charge >= 0.3 is 11.9 Å². The Morgan fingerprint density at radius 3 is 1.23 bits per heavy atom. The first-order valence-corrected chi connectivity index (χ1v) is 26.8. The molecule has 62 heavy (non-hydrogen) atoms. The summed E-state index contributed by atoms with van der Waals surface area (Å²) in [6.07, 6.45) is 66.6. The lowest BCUT2D eigenvalue weighted by Crippen LogP contribution is -2.30. The minimum absolute atomic E-state index is 0.0784. The van der Waals surface area contributed by atoms with Crippen LogP contribution in [0.5, 0.6) is 0 Å². The molecule has 0 heterocycles. The molecule has 1 atom stereocenters. The van der Waals surface area contributed by atoms with E-state index in [-0.39, 0.29) is 25.2 Å². The fraction of sp³-hybridized carbons (Fsp3) is 0.789. The van der Waals surface area contributed by atoms with E-state index < -0.39 is 6.10 Å². The molecule has 5 heteroatoms. The fourth-order valence-corrected chi connectivity index (χ4v) is 7.56. The van der Waals surface area contributed by atoms with Crippen LogP contribution in [0.3, 0.4) is 0 Å². The van der Waals surface area contributed by atoms with Crippen molar-refractivity contribution in [3.05, 3.63) is 60.8 Å². The maximum absolute atomic E-state index is 12.8. The number of ether oxygens (including phenoxy) is 3.